The molecule has 0 N–H and O–H groups in total. The maximum absolute atomic E-state index is 3.78. The van der Waals surface area contributed by atoms with E-state index in [2.05, 4.69) is 55.1 Å². The van der Waals surface area contributed by atoms with Crippen LogP contribution in [0.2, 0.25) is 0 Å². The van der Waals surface area contributed by atoms with Gasteiger partial charge in [-0.2, -0.15) is 0 Å². The van der Waals surface area contributed by atoms with E-state index in [1.165, 1.54) is 28.7 Å². The summed E-state index contributed by atoms with van der Waals surface area (Å²) in [6, 6.07) is 17.4. The lowest BCUT2D eigenvalue weighted by Gasteiger charge is -2.30. The van der Waals surface area contributed by atoms with Gasteiger partial charge in [-0.1, -0.05) is 61.2 Å². The Balaban J connectivity index is 1.93. The van der Waals surface area contributed by atoms with Crippen molar-refractivity contribution in [3.05, 3.63) is 77.4 Å². The Morgan fingerprint density at radius 2 is 1.75 bits per heavy atom. The third-order valence-corrected chi connectivity index (χ3v) is 3.43. The zero-order valence-electron chi connectivity index (χ0n) is 9.19. The van der Waals surface area contributed by atoms with Crippen molar-refractivity contribution in [1.29, 1.82) is 0 Å². The van der Waals surface area contributed by atoms with Crippen LogP contribution in [0.1, 0.15) is 28.2 Å². The summed E-state index contributed by atoms with van der Waals surface area (Å²) in [5.74, 6) is 0.607. The van der Waals surface area contributed by atoms with Crippen LogP contribution >= 0.6 is 0 Å². The summed E-state index contributed by atoms with van der Waals surface area (Å²) in [5, 5.41) is 0. The van der Waals surface area contributed by atoms with Crippen LogP contribution in [0.3, 0.4) is 0 Å². The van der Waals surface area contributed by atoms with Gasteiger partial charge in [-0.15, -0.1) is 0 Å². The van der Waals surface area contributed by atoms with Gasteiger partial charge in [-0.3, -0.25) is 0 Å². The van der Waals surface area contributed by atoms with Crippen molar-refractivity contribution in [2.45, 2.75) is 12.3 Å². The lowest BCUT2D eigenvalue weighted by Crippen LogP contribution is -2.17. The van der Waals surface area contributed by atoms with Gasteiger partial charge in [0.05, 0.1) is 0 Å². The molecule has 0 saturated carbocycles. The smallest absolute Gasteiger partial charge is 0.0133 e. The maximum atomic E-state index is 3.78. The highest BCUT2D eigenvalue weighted by Gasteiger charge is 2.26. The van der Waals surface area contributed by atoms with Crippen molar-refractivity contribution in [2.24, 2.45) is 0 Å². The first-order valence-electron chi connectivity index (χ1n) is 5.68. The molecule has 2 aromatic rings. The van der Waals surface area contributed by atoms with E-state index in [1.807, 2.05) is 6.08 Å². The second-order valence-electron chi connectivity index (χ2n) is 4.33. The molecule has 0 nitrogen and oxygen atoms in total. The lowest BCUT2D eigenvalue weighted by atomic mass is 9.74. The fourth-order valence-electron chi connectivity index (χ4n) is 2.42. The molecule has 3 rings (SSSR count). The highest BCUT2D eigenvalue weighted by atomic mass is 14.3. The van der Waals surface area contributed by atoms with Crippen molar-refractivity contribution in [3.63, 3.8) is 0 Å². The van der Waals surface area contributed by atoms with Crippen LogP contribution in [0.4, 0.5) is 0 Å². The molecule has 16 heavy (non-hydrogen) atoms. The van der Waals surface area contributed by atoms with Crippen LogP contribution in [0, 0.1) is 0 Å². The van der Waals surface area contributed by atoms with E-state index in [1.54, 1.807) is 0 Å². The Hall–Kier alpha value is -1.82. The highest BCUT2D eigenvalue weighted by molar-refractivity contribution is 5.51. The average Bonchev–Trinajstić information content (AvgIpc) is 2.32. The standard InChI is InChI=1S/C16H14/c1-2-12-7-9-13(10-8-12)16-11-14-5-3-4-6-15(14)16/h2-10,16H,1,11H2. The summed E-state index contributed by atoms with van der Waals surface area (Å²) in [6.07, 6.45) is 3.07. The number of fused-ring (bicyclic) bond motifs is 1. The fraction of sp³-hybridized carbons (Fsp3) is 0.125. The van der Waals surface area contributed by atoms with Gasteiger partial charge in [-0.25, -0.2) is 0 Å². The van der Waals surface area contributed by atoms with Crippen LogP contribution in [0.5, 0.6) is 0 Å². The van der Waals surface area contributed by atoms with Gasteiger partial charge in [0.25, 0.3) is 0 Å². The molecule has 0 spiro atoms. The molecule has 0 heterocycles. The maximum Gasteiger partial charge on any atom is 0.0133 e. The Morgan fingerprint density at radius 3 is 2.44 bits per heavy atom. The van der Waals surface area contributed by atoms with Crippen molar-refractivity contribution >= 4 is 6.08 Å². The second kappa shape index (κ2) is 3.64. The molecule has 0 aromatic heterocycles. The summed E-state index contributed by atoms with van der Waals surface area (Å²) in [4.78, 5) is 0. The van der Waals surface area contributed by atoms with Crippen molar-refractivity contribution in [2.75, 3.05) is 0 Å². The minimum absolute atomic E-state index is 0.607. The molecule has 0 radical (unpaired) electrons. The molecule has 0 bridgehead atoms. The first kappa shape index (κ1) is 9.41. The van der Waals surface area contributed by atoms with E-state index in [0.717, 1.165) is 0 Å². The normalized spacial score (nSPS) is 17.4. The molecular formula is C16H14. The van der Waals surface area contributed by atoms with Crippen LogP contribution in [0.15, 0.2) is 55.1 Å². The van der Waals surface area contributed by atoms with E-state index in [9.17, 15) is 0 Å². The van der Waals surface area contributed by atoms with Gasteiger partial charge < -0.3 is 0 Å². The van der Waals surface area contributed by atoms with Crippen LogP contribution < -0.4 is 0 Å². The van der Waals surface area contributed by atoms with Gasteiger partial charge in [0.2, 0.25) is 0 Å². The lowest BCUT2D eigenvalue weighted by molar-refractivity contribution is 0.708. The van der Waals surface area contributed by atoms with Crippen molar-refractivity contribution in [1.82, 2.24) is 0 Å². The molecule has 0 aliphatic heterocycles. The van der Waals surface area contributed by atoms with Crippen LogP contribution in [-0.2, 0) is 6.42 Å². The Morgan fingerprint density at radius 1 is 1.00 bits per heavy atom. The number of rotatable bonds is 2. The minimum atomic E-state index is 0.607. The average molecular weight is 206 g/mol. The summed E-state index contributed by atoms with van der Waals surface area (Å²) < 4.78 is 0. The minimum Gasteiger partial charge on any atom is -0.0985 e. The predicted molar refractivity (Wildman–Crippen MR) is 68.5 cm³/mol. The highest BCUT2D eigenvalue weighted by Crippen LogP contribution is 2.39. The number of benzene rings is 2. The quantitative estimate of drug-likeness (QED) is 0.696. The van der Waals surface area contributed by atoms with E-state index >= 15 is 0 Å². The van der Waals surface area contributed by atoms with Gasteiger partial charge in [0.15, 0.2) is 0 Å². The Kier molecular flexibility index (Phi) is 2.14. The monoisotopic (exact) mass is 206 g/mol. The third kappa shape index (κ3) is 1.38. The van der Waals surface area contributed by atoms with E-state index in [0.29, 0.717) is 5.92 Å². The summed E-state index contributed by atoms with van der Waals surface area (Å²) in [7, 11) is 0. The molecule has 1 aliphatic rings. The molecule has 78 valence electrons. The first-order valence-corrected chi connectivity index (χ1v) is 5.68. The second-order valence-corrected chi connectivity index (χ2v) is 4.33. The molecule has 1 unspecified atom stereocenters. The van der Waals surface area contributed by atoms with Crippen LogP contribution in [-0.4, -0.2) is 0 Å². The van der Waals surface area contributed by atoms with E-state index < -0.39 is 0 Å². The molecule has 1 atom stereocenters. The molecule has 0 heteroatoms. The molecule has 1 aliphatic carbocycles. The Bertz CT molecular complexity index is 520. The molecule has 0 saturated heterocycles. The summed E-state index contributed by atoms with van der Waals surface area (Å²) >= 11 is 0. The van der Waals surface area contributed by atoms with E-state index in [4.69, 9.17) is 0 Å². The fourth-order valence-corrected chi connectivity index (χ4v) is 2.42. The zero-order chi connectivity index (χ0) is 11.0. The summed E-state index contributed by atoms with van der Waals surface area (Å²) in [6.45, 7) is 3.78. The number of hydrogen-bond acceptors (Lipinski definition) is 0. The largest absolute Gasteiger partial charge is 0.0985 e. The SMILES string of the molecule is C=Cc1ccc(C2Cc3ccccc32)cc1. The van der Waals surface area contributed by atoms with Crippen LogP contribution in [0.25, 0.3) is 6.08 Å². The topological polar surface area (TPSA) is 0 Å². The summed E-state index contributed by atoms with van der Waals surface area (Å²) in [5.41, 5.74) is 5.61. The molecular weight excluding hydrogens is 192 g/mol. The van der Waals surface area contributed by atoms with Crippen molar-refractivity contribution in [3.8, 4) is 0 Å². The number of hydrogen-bond donors (Lipinski definition) is 0. The van der Waals surface area contributed by atoms with E-state index in [-0.39, 0.29) is 0 Å². The third-order valence-electron chi connectivity index (χ3n) is 3.43. The van der Waals surface area contributed by atoms with Crippen molar-refractivity contribution < 1.29 is 0 Å². The predicted octanol–water partition coefficient (Wildman–Crippen LogP) is 4.02. The molecule has 0 fully saturated rings. The van der Waals surface area contributed by atoms with Gasteiger partial charge in [-0.05, 0) is 28.7 Å². The van der Waals surface area contributed by atoms with Gasteiger partial charge >= 0.3 is 0 Å². The zero-order valence-corrected chi connectivity index (χ0v) is 9.19. The molecule has 2 aromatic carbocycles. The van der Waals surface area contributed by atoms with Gasteiger partial charge in [0, 0.05) is 5.92 Å². The molecule has 0 amide bonds. The Labute approximate surface area is 96.3 Å². The first-order chi connectivity index (χ1) is 7.88. The van der Waals surface area contributed by atoms with Gasteiger partial charge in [0.1, 0.15) is 0 Å².